The molecule has 7 heteroatoms. The molecule has 3 aromatic rings. The highest BCUT2D eigenvalue weighted by Gasteiger charge is 2.09. The van der Waals surface area contributed by atoms with Crippen molar-refractivity contribution in [2.24, 2.45) is 5.10 Å². The highest BCUT2D eigenvalue weighted by molar-refractivity contribution is 9.10. The molecule has 0 amide bonds. The van der Waals surface area contributed by atoms with E-state index in [-0.39, 0.29) is 0 Å². The normalized spacial score (nSPS) is 11.2. The van der Waals surface area contributed by atoms with E-state index in [4.69, 9.17) is 11.6 Å². The summed E-state index contributed by atoms with van der Waals surface area (Å²) in [5.74, 6) is 0.539. The highest BCUT2D eigenvalue weighted by atomic mass is 79.9. The first-order valence-electron chi connectivity index (χ1n) is 7.28. The Bertz CT molecular complexity index is 869. The SMILES string of the molecule is Cc1cc(/C=N\Nc2ccc(Cl)nn2)c(C)n1-c1ccc(Br)cc1. The zero-order valence-corrected chi connectivity index (χ0v) is 15.5. The average Bonchev–Trinajstić information content (AvgIpc) is 2.85. The molecule has 0 bridgehead atoms. The number of hydrogen-bond acceptors (Lipinski definition) is 4. The summed E-state index contributed by atoms with van der Waals surface area (Å²) in [5.41, 5.74) is 7.25. The van der Waals surface area contributed by atoms with Gasteiger partial charge in [-0.15, -0.1) is 10.2 Å². The van der Waals surface area contributed by atoms with E-state index in [0.717, 1.165) is 27.1 Å². The van der Waals surface area contributed by atoms with Crippen LogP contribution >= 0.6 is 27.5 Å². The third-order valence-corrected chi connectivity index (χ3v) is 4.30. The number of halogens is 2. The molecule has 5 nitrogen and oxygen atoms in total. The predicted molar refractivity (Wildman–Crippen MR) is 101 cm³/mol. The van der Waals surface area contributed by atoms with Crippen molar-refractivity contribution in [2.75, 3.05) is 5.43 Å². The minimum absolute atomic E-state index is 0.350. The van der Waals surface area contributed by atoms with Gasteiger partial charge in [0.1, 0.15) is 0 Å². The Morgan fingerprint density at radius 3 is 2.54 bits per heavy atom. The van der Waals surface area contributed by atoms with Gasteiger partial charge in [-0.3, -0.25) is 5.43 Å². The fourth-order valence-electron chi connectivity index (χ4n) is 2.45. The summed E-state index contributed by atoms with van der Waals surface area (Å²) in [6.07, 6.45) is 1.77. The van der Waals surface area contributed by atoms with Crippen molar-refractivity contribution in [3.63, 3.8) is 0 Å². The Morgan fingerprint density at radius 1 is 1.12 bits per heavy atom. The van der Waals surface area contributed by atoms with E-state index in [0.29, 0.717) is 11.0 Å². The molecule has 0 atom stereocenters. The molecule has 0 aliphatic carbocycles. The third kappa shape index (κ3) is 3.66. The molecule has 0 unspecified atom stereocenters. The van der Waals surface area contributed by atoms with Crippen molar-refractivity contribution in [1.29, 1.82) is 0 Å². The number of aryl methyl sites for hydroxylation is 1. The van der Waals surface area contributed by atoms with E-state index >= 15 is 0 Å². The number of nitrogens with zero attached hydrogens (tertiary/aromatic N) is 4. The van der Waals surface area contributed by atoms with Crippen LogP contribution in [0, 0.1) is 13.8 Å². The summed E-state index contributed by atoms with van der Waals surface area (Å²) >= 11 is 9.17. The standard InChI is InChI=1S/C17H15BrClN5/c1-11-9-13(10-20-22-17-8-7-16(19)21-23-17)12(2)24(11)15-5-3-14(18)4-6-15/h3-10H,1-2H3,(H,22,23)/b20-10-. The largest absolute Gasteiger partial charge is 0.318 e. The lowest BCUT2D eigenvalue weighted by Gasteiger charge is -2.09. The second-order valence-electron chi connectivity index (χ2n) is 5.25. The molecule has 122 valence electrons. The van der Waals surface area contributed by atoms with Gasteiger partial charge in [0, 0.05) is 27.1 Å². The van der Waals surface area contributed by atoms with Crippen LogP contribution in [0.1, 0.15) is 17.0 Å². The third-order valence-electron chi connectivity index (χ3n) is 3.57. The maximum atomic E-state index is 5.71. The molecule has 1 aromatic carbocycles. The van der Waals surface area contributed by atoms with Crippen LogP contribution in [0.15, 0.2) is 52.0 Å². The quantitative estimate of drug-likeness (QED) is 0.504. The molecule has 0 fully saturated rings. The summed E-state index contributed by atoms with van der Waals surface area (Å²) in [6, 6.07) is 13.7. The molecule has 0 aliphatic rings. The van der Waals surface area contributed by atoms with Crippen LogP contribution in [-0.2, 0) is 0 Å². The minimum atomic E-state index is 0.350. The average molecular weight is 405 g/mol. The monoisotopic (exact) mass is 403 g/mol. The summed E-state index contributed by atoms with van der Waals surface area (Å²) in [4.78, 5) is 0. The number of benzene rings is 1. The fourth-order valence-corrected chi connectivity index (χ4v) is 2.81. The zero-order valence-electron chi connectivity index (χ0n) is 13.2. The summed E-state index contributed by atoms with van der Waals surface area (Å²) in [7, 11) is 0. The first kappa shape index (κ1) is 16.7. The van der Waals surface area contributed by atoms with Gasteiger partial charge in [-0.2, -0.15) is 5.10 Å². The molecule has 2 heterocycles. The maximum Gasteiger partial charge on any atom is 0.168 e. The van der Waals surface area contributed by atoms with Gasteiger partial charge in [-0.25, -0.2) is 0 Å². The molecule has 24 heavy (non-hydrogen) atoms. The number of hydrogen-bond donors (Lipinski definition) is 1. The van der Waals surface area contributed by atoms with E-state index < -0.39 is 0 Å². The lowest BCUT2D eigenvalue weighted by molar-refractivity contribution is 0.964. The Labute approximate surface area is 153 Å². The molecule has 0 radical (unpaired) electrons. The van der Waals surface area contributed by atoms with Crippen molar-refractivity contribution < 1.29 is 0 Å². The topological polar surface area (TPSA) is 55.1 Å². The van der Waals surface area contributed by atoms with Gasteiger partial charge in [-0.1, -0.05) is 27.5 Å². The highest BCUT2D eigenvalue weighted by Crippen LogP contribution is 2.21. The number of aromatic nitrogens is 3. The Hall–Kier alpha value is -2.18. The van der Waals surface area contributed by atoms with Crippen molar-refractivity contribution in [1.82, 2.24) is 14.8 Å². The Balaban J connectivity index is 1.82. The van der Waals surface area contributed by atoms with Gasteiger partial charge < -0.3 is 4.57 Å². The molecule has 0 spiro atoms. The van der Waals surface area contributed by atoms with Crippen LogP contribution in [0.2, 0.25) is 5.15 Å². The number of nitrogens with one attached hydrogen (secondary N) is 1. The van der Waals surface area contributed by atoms with E-state index in [1.807, 2.05) is 12.1 Å². The summed E-state index contributed by atoms with van der Waals surface area (Å²) in [6.45, 7) is 4.14. The molecule has 0 saturated carbocycles. The van der Waals surface area contributed by atoms with Crippen LogP contribution in [0.25, 0.3) is 5.69 Å². The molecule has 3 rings (SSSR count). The molecular weight excluding hydrogens is 390 g/mol. The van der Waals surface area contributed by atoms with Crippen molar-refractivity contribution in [3.8, 4) is 5.69 Å². The lowest BCUT2D eigenvalue weighted by Crippen LogP contribution is -2.00. The van der Waals surface area contributed by atoms with Crippen molar-refractivity contribution >= 4 is 39.6 Å². The number of rotatable bonds is 4. The second kappa shape index (κ2) is 7.15. The number of anilines is 1. The van der Waals surface area contributed by atoms with Crippen molar-refractivity contribution in [2.45, 2.75) is 13.8 Å². The first-order valence-corrected chi connectivity index (χ1v) is 8.45. The second-order valence-corrected chi connectivity index (χ2v) is 6.55. The van der Waals surface area contributed by atoms with E-state index in [2.05, 4.69) is 73.3 Å². The van der Waals surface area contributed by atoms with Gasteiger partial charge in [0.15, 0.2) is 11.0 Å². The summed E-state index contributed by atoms with van der Waals surface area (Å²) < 4.78 is 3.25. The van der Waals surface area contributed by atoms with Crippen LogP contribution in [0.5, 0.6) is 0 Å². The first-order chi connectivity index (χ1) is 11.5. The van der Waals surface area contributed by atoms with Crippen molar-refractivity contribution in [3.05, 3.63) is 69.0 Å². The van der Waals surface area contributed by atoms with Crippen LogP contribution < -0.4 is 5.43 Å². The fraction of sp³-hybridized carbons (Fsp3) is 0.118. The smallest absolute Gasteiger partial charge is 0.168 e. The summed E-state index contributed by atoms with van der Waals surface area (Å²) in [5, 5.41) is 12.2. The van der Waals surface area contributed by atoms with E-state index in [9.17, 15) is 0 Å². The van der Waals surface area contributed by atoms with Crippen LogP contribution in [-0.4, -0.2) is 21.0 Å². The zero-order chi connectivity index (χ0) is 17.1. The van der Waals surface area contributed by atoms with E-state index in [1.54, 1.807) is 18.3 Å². The Kier molecular flexibility index (Phi) is 4.97. The molecular formula is C17H15BrClN5. The van der Waals surface area contributed by atoms with Gasteiger partial charge in [0.2, 0.25) is 0 Å². The van der Waals surface area contributed by atoms with E-state index in [1.165, 1.54) is 0 Å². The maximum absolute atomic E-state index is 5.71. The predicted octanol–water partition coefficient (Wildman–Crippen LogP) is 4.75. The van der Waals surface area contributed by atoms with Gasteiger partial charge >= 0.3 is 0 Å². The van der Waals surface area contributed by atoms with Crippen LogP contribution in [0.3, 0.4) is 0 Å². The van der Waals surface area contributed by atoms with Gasteiger partial charge in [-0.05, 0) is 56.3 Å². The Morgan fingerprint density at radius 2 is 1.88 bits per heavy atom. The number of hydrazone groups is 1. The lowest BCUT2D eigenvalue weighted by atomic mass is 10.2. The molecule has 0 saturated heterocycles. The minimum Gasteiger partial charge on any atom is -0.318 e. The van der Waals surface area contributed by atoms with Gasteiger partial charge in [0.05, 0.1) is 6.21 Å². The molecule has 2 aromatic heterocycles. The van der Waals surface area contributed by atoms with Crippen LogP contribution in [0.4, 0.5) is 5.82 Å². The molecule has 0 aliphatic heterocycles. The van der Waals surface area contributed by atoms with Gasteiger partial charge in [0.25, 0.3) is 0 Å². The molecule has 1 N–H and O–H groups in total.